The summed E-state index contributed by atoms with van der Waals surface area (Å²) in [4.78, 5) is 41.8. The topological polar surface area (TPSA) is 79.1 Å². The van der Waals surface area contributed by atoms with Crippen LogP contribution in [-0.2, 0) is 9.59 Å². The van der Waals surface area contributed by atoms with E-state index in [1.165, 1.54) is 33.5 Å². The van der Waals surface area contributed by atoms with E-state index in [-0.39, 0.29) is 22.5 Å². The van der Waals surface area contributed by atoms with Crippen LogP contribution < -0.4 is 15.0 Å². The summed E-state index contributed by atoms with van der Waals surface area (Å²) in [5.74, 6) is -1.79. The van der Waals surface area contributed by atoms with Crippen molar-refractivity contribution in [3.8, 4) is 5.69 Å². The summed E-state index contributed by atoms with van der Waals surface area (Å²) >= 11 is 5.98. The lowest BCUT2D eigenvalue weighted by atomic mass is 10.1. The fourth-order valence-electron chi connectivity index (χ4n) is 4.07. The van der Waals surface area contributed by atoms with Crippen LogP contribution >= 0.6 is 11.6 Å². The second-order valence-electron chi connectivity index (χ2n) is 8.16. The van der Waals surface area contributed by atoms with Crippen molar-refractivity contribution in [3.05, 3.63) is 111 Å². The van der Waals surface area contributed by atoms with E-state index in [0.717, 1.165) is 10.5 Å². The largest absolute Gasteiger partial charge is 0.331 e. The molecule has 0 saturated heterocycles. The van der Waals surface area contributed by atoms with Crippen molar-refractivity contribution in [3.63, 3.8) is 0 Å². The normalized spacial score (nSPS) is 13.8. The lowest BCUT2D eigenvalue weighted by Gasteiger charge is -2.13. The average Bonchev–Trinajstić information content (AvgIpc) is 3.26. The summed E-state index contributed by atoms with van der Waals surface area (Å²) in [6, 6.07) is 15.2. The predicted octanol–water partition coefficient (Wildman–Crippen LogP) is 3.80. The highest BCUT2D eigenvalue weighted by atomic mass is 35.5. The zero-order valence-electron chi connectivity index (χ0n) is 18.8. The third kappa shape index (κ3) is 3.77. The van der Waals surface area contributed by atoms with Crippen LogP contribution in [0.15, 0.2) is 77.9 Å². The number of pyridine rings is 1. The minimum atomic E-state index is -0.674. The van der Waals surface area contributed by atoms with Gasteiger partial charge in [0.15, 0.2) is 12.4 Å². The molecular weight excluding hydrogens is 471 g/mol. The Morgan fingerprint density at radius 1 is 0.829 bits per heavy atom. The molecule has 0 fully saturated rings. The van der Waals surface area contributed by atoms with E-state index in [4.69, 9.17) is 11.6 Å². The third-order valence-corrected chi connectivity index (χ3v) is 6.06. The number of carbonyl (C=O) groups excluding carboxylic acids is 2. The van der Waals surface area contributed by atoms with Crippen molar-refractivity contribution in [2.24, 2.45) is 0 Å². The molecule has 1 aliphatic rings. The zero-order valence-corrected chi connectivity index (χ0v) is 19.5. The second kappa shape index (κ2) is 8.48. The van der Waals surface area contributed by atoms with Crippen molar-refractivity contribution in [1.29, 1.82) is 0 Å². The lowest BCUT2D eigenvalue weighted by Crippen LogP contribution is -2.39. The van der Waals surface area contributed by atoms with Gasteiger partial charge in [-0.1, -0.05) is 11.6 Å². The van der Waals surface area contributed by atoms with Crippen LogP contribution in [0, 0.1) is 19.7 Å². The molecule has 0 spiro atoms. The molecule has 35 heavy (non-hydrogen) atoms. The first-order valence-electron chi connectivity index (χ1n) is 10.7. The molecule has 0 saturated carbocycles. The number of carbonyl (C=O) groups is 2. The monoisotopic (exact) mass is 489 g/mol. The van der Waals surface area contributed by atoms with Gasteiger partial charge in [0, 0.05) is 22.8 Å². The molecule has 0 radical (unpaired) electrons. The Bertz CT molecular complexity index is 1570. The molecule has 0 aliphatic carbocycles. The number of benzene rings is 2. The van der Waals surface area contributed by atoms with Crippen LogP contribution in [0.4, 0.5) is 10.1 Å². The standard InChI is InChI=1S/C26H18ClFN4O3/c1-15-11-13-30(14-12-15)23-22(24(33)31(26(23)35)19-9-5-18(28)6-10-19)21-16(2)29-32(25(21)34)20-7-3-17(27)4-8-20/h3-14H,1-2H3/p+1. The zero-order chi connectivity index (χ0) is 24.9. The fraction of sp³-hybridized carbons (Fsp3) is 0.0769. The summed E-state index contributed by atoms with van der Waals surface area (Å²) < 4.78 is 16.3. The number of halogens is 2. The molecule has 1 aliphatic heterocycles. The second-order valence-corrected chi connectivity index (χ2v) is 8.59. The van der Waals surface area contributed by atoms with Crippen LogP contribution in [0.3, 0.4) is 0 Å². The average molecular weight is 490 g/mol. The van der Waals surface area contributed by atoms with Gasteiger partial charge in [-0.3, -0.25) is 19.5 Å². The van der Waals surface area contributed by atoms with E-state index in [0.29, 0.717) is 16.4 Å². The maximum atomic E-state index is 13.7. The summed E-state index contributed by atoms with van der Waals surface area (Å²) in [6.45, 7) is 3.55. The Kier molecular flexibility index (Phi) is 5.45. The number of aryl methyl sites for hydroxylation is 2. The first kappa shape index (κ1) is 22.5. The van der Waals surface area contributed by atoms with Gasteiger partial charge in [-0.15, -0.1) is 0 Å². The van der Waals surface area contributed by atoms with E-state index >= 15 is 0 Å². The molecule has 174 valence electrons. The third-order valence-electron chi connectivity index (χ3n) is 5.80. The minimum Gasteiger partial charge on any atom is -0.295 e. The van der Waals surface area contributed by atoms with Crippen LogP contribution in [-0.4, -0.2) is 21.6 Å². The number of amides is 2. The number of aromatic nitrogens is 3. The number of H-pyrrole nitrogens is 1. The van der Waals surface area contributed by atoms with Crippen molar-refractivity contribution in [2.45, 2.75) is 13.8 Å². The van der Waals surface area contributed by atoms with Crippen LogP contribution in [0.25, 0.3) is 17.0 Å². The van der Waals surface area contributed by atoms with Gasteiger partial charge in [0.2, 0.25) is 0 Å². The van der Waals surface area contributed by atoms with Gasteiger partial charge >= 0.3 is 5.91 Å². The smallest absolute Gasteiger partial charge is 0.295 e. The summed E-state index contributed by atoms with van der Waals surface area (Å²) in [5.41, 5.74) is 1.66. The highest BCUT2D eigenvalue weighted by Gasteiger charge is 2.48. The van der Waals surface area contributed by atoms with Gasteiger partial charge in [0.05, 0.1) is 16.9 Å². The van der Waals surface area contributed by atoms with Crippen molar-refractivity contribution in [1.82, 2.24) is 9.78 Å². The molecule has 5 rings (SSSR count). The molecule has 1 N–H and O–H groups in total. The van der Waals surface area contributed by atoms with E-state index in [2.05, 4.69) is 5.10 Å². The van der Waals surface area contributed by atoms with Gasteiger partial charge in [-0.25, -0.2) is 14.0 Å². The Morgan fingerprint density at radius 3 is 2.06 bits per heavy atom. The maximum absolute atomic E-state index is 13.7. The van der Waals surface area contributed by atoms with Crippen molar-refractivity contribution in [2.75, 3.05) is 4.90 Å². The molecule has 4 aromatic rings. The first-order chi connectivity index (χ1) is 16.8. The van der Waals surface area contributed by atoms with Gasteiger partial charge in [0.1, 0.15) is 11.4 Å². The molecule has 0 bridgehead atoms. The Morgan fingerprint density at radius 2 is 1.43 bits per heavy atom. The minimum absolute atomic E-state index is 0.0294. The Labute approximate surface area is 204 Å². The molecule has 0 atom stereocenters. The predicted molar refractivity (Wildman–Crippen MR) is 130 cm³/mol. The lowest BCUT2D eigenvalue weighted by molar-refractivity contribution is -0.576. The van der Waals surface area contributed by atoms with Gasteiger partial charge in [0.25, 0.3) is 17.2 Å². The van der Waals surface area contributed by atoms with Crippen molar-refractivity contribution < 1.29 is 18.5 Å². The molecular formula is C26H19ClFN4O3+. The molecule has 7 nitrogen and oxygen atoms in total. The molecule has 0 unspecified atom stereocenters. The van der Waals surface area contributed by atoms with Crippen LogP contribution in [0.2, 0.25) is 5.02 Å². The number of nitrogens with zero attached hydrogens (tertiary/aromatic N) is 3. The SMILES string of the molecule is Cc1cc[n+](C2=C(c3c(C)[nH]n(-c4ccc(Cl)cc4)c3=O)C(=O)N(c3ccc(F)cc3)C2=O)cc1. The van der Waals surface area contributed by atoms with Gasteiger partial charge in [-0.05, 0) is 67.9 Å². The molecule has 9 heteroatoms. The molecule has 2 amide bonds. The quantitative estimate of drug-likeness (QED) is 0.350. The number of aromatic amines is 1. The molecule has 3 heterocycles. The number of nitrogens with one attached hydrogen (secondary N) is 1. The Balaban J connectivity index is 1.74. The van der Waals surface area contributed by atoms with E-state index in [9.17, 15) is 18.8 Å². The number of anilines is 1. The Hall–Kier alpha value is -4.30. The number of hydrogen-bond acceptors (Lipinski definition) is 3. The van der Waals surface area contributed by atoms with Gasteiger partial charge in [-0.2, -0.15) is 4.57 Å². The number of hydrogen-bond donors (Lipinski definition) is 1. The summed E-state index contributed by atoms with van der Waals surface area (Å²) in [6.07, 6.45) is 3.31. The van der Waals surface area contributed by atoms with Crippen LogP contribution in [0.5, 0.6) is 0 Å². The van der Waals surface area contributed by atoms with E-state index < -0.39 is 23.2 Å². The van der Waals surface area contributed by atoms with Gasteiger partial charge < -0.3 is 0 Å². The number of rotatable bonds is 4. The fourth-order valence-corrected chi connectivity index (χ4v) is 4.20. The van der Waals surface area contributed by atoms with Crippen LogP contribution in [0.1, 0.15) is 16.8 Å². The van der Waals surface area contributed by atoms with Crippen molar-refractivity contribution >= 4 is 40.4 Å². The molecule has 2 aromatic heterocycles. The number of imide groups is 1. The highest BCUT2D eigenvalue weighted by Crippen LogP contribution is 2.33. The maximum Gasteiger partial charge on any atom is 0.331 e. The van der Waals surface area contributed by atoms with E-state index in [1.807, 2.05) is 6.92 Å². The van der Waals surface area contributed by atoms with E-state index in [1.54, 1.807) is 55.7 Å². The summed E-state index contributed by atoms with van der Waals surface area (Å²) in [5, 5.41) is 3.50. The highest BCUT2D eigenvalue weighted by molar-refractivity contribution is 6.53. The molecule has 2 aromatic carbocycles. The summed E-state index contributed by atoms with van der Waals surface area (Å²) in [7, 11) is 0. The first-order valence-corrected chi connectivity index (χ1v) is 11.1.